The number of carbonyl (C=O) groups is 3. The summed E-state index contributed by atoms with van der Waals surface area (Å²) in [5.41, 5.74) is 2.57. The smallest absolute Gasteiger partial charge is 0.407 e. The van der Waals surface area contributed by atoms with Crippen LogP contribution in [-0.2, 0) is 14.3 Å². The molecule has 0 radical (unpaired) electrons. The zero-order valence-corrected chi connectivity index (χ0v) is 19.6. The van der Waals surface area contributed by atoms with Gasteiger partial charge in [0.05, 0.1) is 17.4 Å². The fourth-order valence-corrected chi connectivity index (χ4v) is 5.93. The number of carboxylic acids is 1. The summed E-state index contributed by atoms with van der Waals surface area (Å²) >= 11 is 0. The Hall–Kier alpha value is -3.39. The van der Waals surface area contributed by atoms with Gasteiger partial charge in [0, 0.05) is 18.5 Å². The highest BCUT2D eigenvalue weighted by molar-refractivity contribution is 5.87. The molecule has 2 aromatic carbocycles. The molecule has 2 aromatic rings. The lowest BCUT2D eigenvalue weighted by molar-refractivity contribution is -0.142. The van der Waals surface area contributed by atoms with Gasteiger partial charge < -0.3 is 25.6 Å². The van der Waals surface area contributed by atoms with Crippen LogP contribution in [0.2, 0.25) is 0 Å². The van der Waals surface area contributed by atoms with Gasteiger partial charge in [-0.15, -0.1) is 0 Å². The molecule has 4 atom stereocenters. The third kappa shape index (κ3) is 4.50. The maximum atomic E-state index is 12.8. The van der Waals surface area contributed by atoms with Crippen LogP contribution in [0.1, 0.15) is 49.7 Å². The highest BCUT2D eigenvalue weighted by Crippen LogP contribution is 2.63. The van der Waals surface area contributed by atoms with Gasteiger partial charge in [-0.05, 0) is 54.4 Å². The van der Waals surface area contributed by atoms with Crippen LogP contribution in [0.3, 0.4) is 0 Å². The molecule has 2 fully saturated rings. The summed E-state index contributed by atoms with van der Waals surface area (Å²) in [6.07, 6.45) is 1.01. The van der Waals surface area contributed by atoms with Crippen LogP contribution < -0.4 is 10.6 Å². The molecule has 8 heteroatoms. The summed E-state index contributed by atoms with van der Waals surface area (Å²) in [7, 11) is 0. The number of fused-ring (bicyclic) bond motifs is 4. The molecule has 5 rings (SSSR count). The van der Waals surface area contributed by atoms with E-state index in [4.69, 9.17) is 9.84 Å². The van der Waals surface area contributed by atoms with Crippen molar-refractivity contribution in [3.63, 3.8) is 0 Å². The van der Waals surface area contributed by atoms with Gasteiger partial charge >= 0.3 is 12.1 Å². The third-order valence-corrected chi connectivity index (χ3v) is 7.69. The zero-order valence-electron chi connectivity index (χ0n) is 19.6. The fourth-order valence-electron chi connectivity index (χ4n) is 5.93. The molecule has 0 heterocycles. The Kier molecular flexibility index (Phi) is 5.79. The molecule has 0 saturated heterocycles. The van der Waals surface area contributed by atoms with Crippen molar-refractivity contribution >= 4 is 18.0 Å². The number of nitrogens with one attached hydrogen (secondary N) is 2. The van der Waals surface area contributed by atoms with E-state index in [1.54, 1.807) is 0 Å². The molecular weight excluding hydrogens is 448 g/mol. The topological polar surface area (TPSA) is 125 Å². The lowest BCUT2D eigenvalue weighted by atomic mass is 9.98. The number of carboxylic acid groups (broad SMARTS) is 1. The van der Waals surface area contributed by atoms with Gasteiger partial charge in [-0.2, -0.15) is 0 Å². The van der Waals surface area contributed by atoms with E-state index in [0.29, 0.717) is 12.8 Å². The predicted octanol–water partition coefficient (Wildman–Crippen LogP) is 3.04. The molecule has 2 amide bonds. The van der Waals surface area contributed by atoms with Crippen LogP contribution in [0.15, 0.2) is 48.5 Å². The highest BCUT2D eigenvalue weighted by atomic mass is 16.5. The van der Waals surface area contributed by atoms with Gasteiger partial charge in [0.2, 0.25) is 5.91 Å². The molecule has 35 heavy (non-hydrogen) atoms. The summed E-state index contributed by atoms with van der Waals surface area (Å²) in [4.78, 5) is 36.3. The van der Waals surface area contributed by atoms with Crippen molar-refractivity contribution < 1.29 is 29.3 Å². The standard InChI is InChI=1S/C27H30N2O6/c1-26(34,13-23(30)31)15-28-24(32)27-11-16(27)10-17(12-27)29-25(33)35-14-22-20-8-4-2-6-18(20)19-7-3-5-9-21(19)22/h2-9,16-17,22,34H,10-15H2,1H3,(H,28,32)(H,29,33)(H,30,31). The average Bonchev–Trinajstić information content (AvgIpc) is 3.24. The van der Waals surface area contributed by atoms with E-state index in [1.807, 2.05) is 24.3 Å². The summed E-state index contributed by atoms with van der Waals surface area (Å²) < 4.78 is 5.63. The fraction of sp³-hybridized carbons (Fsp3) is 0.444. The lowest BCUT2D eigenvalue weighted by Gasteiger charge is -2.24. The van der Waals surface area contributed by atoms with E-state index in [9.17, 15) is 19.5 Å². The molecular formula is C27H30N2O6. The molecule has 0 spiro atoms. The average molecular weight is 479 g/mol. The van der Waals surface area contributed by atoms with E-state index in [2.05, 4.69) is 34.9 Å². The summed E-state index contributed by atoms with van der Waals surface area (Å²) in [5.74, 6) is -1.16. The quantitative estimate of drug-likeness (QED) is 0.462. The second-order valence-corrected chi connectivity index (χ2v) is 10.4. The van der Waals surface area contributed by atoms with Crippen LogP contribution in [0.5, 0.6) is 0 Å². The number of carbonyl (C=O) groups excluding carboxylic acids is 2. The van der Waals surface area contributed by atoms with E-state index in [-0.39, 0.29) is 36.9 Å². The van der Waals surface area contributed by atoms with Crippen LogP contribution in [-0.4, -0.2) is 53.0 Å². The maximum Gasteiger partial charge on any atom is 0.407 e. The number of benzene rings is 2. The van der Waals surface area contributed by atoms with Gasteiger partial charge in [-0.3, -0.25) is 9.59 Å². The molecule has 8 nitrogen and oxygen atoms in total. The normalized spacial score (nSPS) is 25.5. The number of hydrogen-bond donors (Lipinski definition) is 4. The number of ether oxygens (including phenoxy) is 1. The Bertz CT molecular complexity index is 1130. The van der Waals surface area contributed by atoms with Crippen LogP contribution in [0, 0.1) is 11.3 Å². The van der Waals surface area contributed by atoms with Gasteiger partial charge in [-0.25, -0.2) is 4.79 Å². The van der Waals surface area contributed by atoms with Crippen molar-refractivity contribution in [3.8, 4) is 11.1 Å². The Morgan fingerprint density at radius 1 is 1.06 bits per heavy atom. The predicted molar refractivity (Wildman–Crippen MR) is 128 cm³/mol. The lowest BCUT2D eigenvalue weighted by Crippen LogP contribution is -2.45. The van der Waals surface area contributed by atoms with Crippen molar-refractivity contribution in [2.45, 2.75) is 50.2 Å². The minimum atomic E-state index is -1.51. The van der Waals surface area contributed by atoms with Crippen molar-refractivity contribution in [2.75, 3.05) is 13.2 Å². The highest BCUT2D eigenvalue weighted by Gasteiger charge is 2.65. The van der Waals surface area contributed by atoms with Crippen LogP contribution in [0.4, 0.5) is 4.79 Å². The van der Waals surface area contributed by atoms with Crippen molar-refractivity contribution in [1.29, 1.82) is 0 Å². The molecule has 3 aliphatic carbocycles. The first-order chi connectivity index (χ1) is 16.7. The van der Waals surface area contributed by atoms with E-state index < -0.39 is 29.5 Å². The van der Waals surface area contributed by atoms with E-state index >= 15 is 0 Å². The second kappa shape index (κ2) is 8.68. The third-order valence-electron chi connectivity index (χ3n) is 7.69. The summed E-state index contributed by atoms with van der Waals surface area (Å²) in [6, 6.07) is 16.2. The molecule has 4 unspecified atom stereocenters. The van der Waals surface area contributed by atoms with E-state index in [1.165, 1.54) is 18.1 Å². The number of aliphatic hydroxyl groups is 1. The first-order valence-electron chi connectivity index (χ1n) is 12.0. The Labute approximate surface area is 203 Å². The number of alkyl carbamates (subject to hydrolysis) is 1. The minimum Gasteiger partial charge on any atom is -0.481 e. The van der Waals surface area contributed by atoms with Crippen LogP contribution >= 0.6 is 0 Å². The number of rotatable bonds is 8. The van der Waals surface area contributed by atoms with Gasteiger partial charge in [0.1, 0.15) is 6.61 Å². The molecule has 3 aliphatic rings. The first-order valence-corrected chi connectivity index (χ1v) is 12.0. The molecule has 4 N–H and O–H groups in total. The molecule has 0 bridgehead atoms. The molecule has 184 valence electrons. The minimum absolute atomic E-state index is 0.0131. The van der Waals surface area contributed by atoms with Crippen molar-refractivity contribution in [3.05, 3.63) is 59.7 Å². The van der Waals surface area contributed by atoms with Gasteiger partial charge in [-0.1, -0.05) is 48.5 Å². The number of aliphatic carboxylic acids is 1. The Morgan fingerprint density at radius 3 is 2.31 bits per heavy atom. The number of hydrogen-bond acceptors (Lipinski definition) is 5. The maximum absolute atomic E-state index is 12.8. The molecule has 2 saturated carbocycles. The molecule has 0 aromatic heterocycles. The summed E-state index contributed by atoms with van der Waals surface area (Å²) in [6.45, 7) is 1.50. The zero-order chi connectivity index (χ0) is 24.8. The first kappa shape index (κ1) is 23.4. The summed E-state index contributed by atoms with van der Waals surface area (Å²) in [5, 5.41) is 24.7. The Morgan fingerprint density at radius 2 is 1.69 bits per heavy atom. The molecule has 0 aliphatic heterocycles. The largest absolute Gasteiger partial charge is 0.481 e. The SMILES string of the molecule is CC(O)(CNC(=O)C12CC(NC(=O)OCC3c4ccccc4-c4ccccc43)CC1C2)CC(=O)O. The Balaban J connectivity index is 1.14. The van der Waals surface area contributed by atoms with Gasteiger partial charge in [0.25, 0.3) is 0 Å². The van der Waals surface area contributed by atoms with Gasteiger partial charge in [0.15, 0.2) is 0 Å². The number of amides is 2. The monoisotopic (exact) mass is 478 g/mol. The second-order valence-electron chi connectivity index (χ2n) is 10.4. The van der Waals surface area contributed by atoms with E-state index in [0.717, 1.165) is 17.5 Å². The van der Waals surface area contributed by atoms with Crippen molar-refractivity contribution in [2.24, 2.45) is 11.3 Å². The van der Waals surface area contributed by atoms with Crippen LogP contribution in [0.25, 0.3) is 11.1 Å². The van der Waals surface area contributed by atoms with Crippen molar-refractivity contribution in [1.82, 2.24) is 10.6 Å².